The second-order valence-corrected chi connectivity index (χ2v) is 9.57. The molecule has 1 amide bonds. The van der Waals surface area contributed by atoms with Crippen molar-refractivity contribution in [1.29, 1.82) is 0 Å². The molecule has 9 nitrogen and oxygen atoms in total. The Bertz CT molecular complexity index is 1210. The molecule has 1 aromatic heterocycles. The minimum atomic E-state index is -0.546. The number of ether oxygens (including phenoxy) is 4. The minimum Gasteiger partial charge on any atom is -0.493 e. The molecule has 0 spiro atoms. The summed E-state index contributed by atoms with van der Waals surface area (Å²) in [5.41, 5.74) is 2.00. The Morgan fingerprint density at radius 2 is 1.68 bits per heavy atom. The van der Waals surface area contributed by atoms with E-state index in [4.69, 9.17) is 18.9 Å². The first-order valence-electron chi connectivity index (χ1n) is 13.0. The molecule has 2 aromatic carbocycles. The number of benzene rings is 2. The SMILES string of the molecule is COc1cc2ncnc(C(OC(=O)Nc3ccc(OC4CCCC4)cc3)C3CCNCC3)c2cc1OC. The summed E-state index contributed by atoms with van der Waals surface area (Å²) in [5.74, 6) is 2.08. The van der Waals surface area contributed by atoms with Crippen molar-refractivity contribution in [2.24, 2.45) is 5.92 Å². The highest BCUT2D eigenvalue weighted by molar-refractivity contribution is 5.87. The fraction of sp³-hybridized carbons (Fsp3) is 0.464. The van der Waals surface area contributed by atoms with Gasteiger partial charge in [0.2, 0.25) is 0 Å². The third kappa shape index (κ3) is 5.88. The van der Waals surface area contributed by atoms with Gasteiger partial charge in [0, 0.05) is 23.1 Å². The van der Waals surface area contributed by atoms with Crippen molar-refractivity contribution in [2.45, 2.75) is 50.7 Å². The van der Waals surface area contributed by atoms with Crippen LogP contribution in [0, 0.1) is 5.92 Å². The maximum Gasteiger partial charge on any atom is 0.412 e. The molecule has 1 atom stereocenters. The van der Waals surface area contributed by atoms with Gasteiger partial charge in [-0.3, -0.25) is 5.32 Å². The van der Waals surface area contributed by atoms with Crippen molar-refractivity contribution in [2.75, 3.05) is 32.6 Å². The molecule has 1 aliphatic carbocycles. The number of nitrogens with one attached hydrogen (secondary N) is 2. The van der Waals surface area contributed by atoms with Gasteiger partial charge >= 0.3 is 6.09 Å². The molecule has 9 heteroatoms. The summed E-state index contributed by atoms with van der Waals surface area (Å²) in [5, 5.41) is 7.02. The molecule has 2 N–H and O–H groups in total. The van der Waals surface area contributed by atoms with E-state index in [0.29, 0.717) is 28.4 Å². The molecular formula is C28H34N4O5. The number of nitrogens with zero attached hydrogens (tertiary/aromatic N) is 2. The molecule has 196 valence electrons. The van der Waals surface area contributed by atoms with Crippen LogP contribution in [0.1, 0.15) is 50.3 Å². The van der Waals surface area contributed by atoms with Gasteiger partial charge in [0.1, 0.15) is 18.2 Å². The van der Waals surface area contributed by atoms with Gasteiger partial charge < -0.3 is 24.3 Å². The summed E-state index contributed by atoms with van der Waals surface area (Å²) in [6.07, 6.45) is 7.08. The number of fused-ring (bicyclic) bond motifs is 1. The number of hydrogen-bond acceptors (Lipinski definition) is 8. The van der Waals surface area contributed by atoms with E-state index in [1.807, 2.05) is 36.4 Å². The molecule has 1 unspecified atom stereocenters. The Kier molecular flexibility index (Phi) is 7.89. The third-order valence-electron chi connectivity index (χ3n) is 7.19. The average molecular weight is 507 g/mol. The highest BCUT2D eigenvalue weighted by Crippen LogP contribution is 2.38. The van der Waals surface area contributed by atoms with E-state index in [9.17, 15) is 4.79 Å². The van der Waals surface area contributed by atoms with Crippen molar-refractivity contribution >= 4 is 22.7 Å². The molecule has 37 heavy (non-hydrogen) atoms. The average Bonchev–Trinajstić information content (AvgIpc) is 3.45. The third-order valence-corrected chi connectivity index (χ3v) is 7.19. The predicted molar refractivity (Wildman–Crippen MR) is 140 cm³/mol. The van der Waals surface area contributed by atoms with Crippen LogP contribution in [-0.4, -0.2) is 49.5 Å². The molecule has 1 saturated carbocycles. The minimum absolute atomic E-state index is 0.111. The summed E-state index contributed by atoms with van der Waals surface area (Å²) < 4.78 is 23.1. The number of piperidine rings is 1. The van der Waals surface area contributed by atoms with E-state index < -0.39 is 12.2 Å². The summed E-state index contributed by atoms with van der Waals surface area (Å²) in [6, 6.07) is 11.1. The quantitative estimate of drug-likeness (QED) is 0.427. The summed E-state index contributed by atoms with van der Waals surface area (Å²) in [7, 11) is 3.18. The van der Waals surface area contributed by atoms with Gasteiger partial charge in [0.25, 0.3) is 0 Å². The van der Waals surface area contributed by atoms with Gasteiger partial charge in [0.05, 0.1) is 31.5 Å². The summed E-state index contributed by atoms with van der Waals surface area (Å²) >= 11 is 0. The van der Waals surface area contributed by atoms with Crippen LogP contribution in [-0.2, 0) is 4.74 Å². The van der Waals surface area contributed by atoms with Crippen LogP contribution in [0.4, 0.5) is 10.5 Å². The number of aromatic nitrogens is 2. The largest absolute Gasteiger partial charge is 0.493 e. The number of methoxy groups -OCH3 is 2. The molecule has 0 bridgehead atoms. The monoisotopic (exact) mass is 506 g/mol. The Labute approximate surface area is 216 Å². The molecule has 2 heterocycles. The van der Waals surface area contributed by atoms with Crippen molar-refractivity contribution in [3.63, 3.8) is 0 Å². The van der Waals surface area contributed by atoms with Crippen molar-refractivity contribution in [3.05, 3.63) is 48.4 Å². The number of anilines is 1. The highest BCUT2D eigenvalue weighted by Gasteiger charge is 2.31. The number of carbonyl (C=O) groups is 1. The second kappa shape index (κ2) is 11.6. The summed E-state index contributed by atoms with van der Waals surface area (Å²) in [4.78, 5) is 22.1. The van der Waals surface area contributed by atoms with Crippen LogP contribution in [0.2, 0.25) is 0 Å². The van der Waals surface area contributed by atoms with Crippen molar-refractivity contribution in [3.8, 4) is 17.2 Å². The zero-order valence-electron chi connectivity index (χ0n) is 21.4. The molecule has 1 aliphatic heterocycles. The molecule has 2 aliphatic rings. The van der Waals surface area contributed by atoms with Gasteiger partial charge in [-0.05, 0) is 81.9 Å². The van der Waals surface area contributed by atoms with Gasteiger partial charge in [-0.15, -0.1) is 0 Å². The van der Waals surface area contributed by atoms with Crippen LogP contribution in [0.15, 0.2) is 42.7 Å². The molecule has 1 saturated heterocycles. The lowest BCUT2D eigenvalue weighted by Gasteiger charge is -2.30. The lowest BCUT2D eigenvalue weighted by atomic mass is 9.89. The second-order valence-electron chi connectivity index (χ2n) is 9.57. The Balaban J connectivity index is 1.36. The topological polar surface area (TPSA) is 104 Å². The normalized spacial score (nSPS) is 17.4. The smallest absolute Gasteiger partial charge is 0.412 e. The molecule has 3 aromatic rings. The fourth-order valence-corrected chi connectivity index (χ4v) is 5.23. The van der Waals surface area contributed by atoms with Gasteiger partial charge in [-0.2, -0.15) is 0 Å². The first kappa shape index (κ1) is 25.1. The van der Waals surface area contributed by atoms with Crippen LogP contribution in [0.5, 0.6) is 17.2 Å². The number of amides is 1. The lowest BCUT2D eigenvalue weighted by molar-refractivity contribution is 0.0573. The van der Waals surface area contributed by atoms with E-state index >= 15 is 0 Å². The van der Waals surface area contributed by atoms with Crippen molar-refractivity contribution < 1.29 is 23.7 Å². The maximum atomic E-state index is 13.1. The van der Waals surface area contributed by atoms with Crippen molar-refractivity contribution in [1.82, 2.24) is 15.3 Å². The first-order chi connectivity index (χ1) is 18.1. The van der Waals surface area contributed by atoms with Crippen LogP contribution in [0.25, 0.3) is 10.9 Å². The number of hydrogen-bond donors (Lipinski definition) is 2. The van der Waals surface area contributed by atoms with E-state index in [1.165, 1.54) is 19.2 Å². The molecular weight excluding hydrogens is 472 g/mol. The van der Waals surface area contributed by atoms with E-state index in [0.717, 1.165) is 49.9 Å². The summed E-state index contributed by atoms with van der Waals surface area (Å²) in [6.45, 7) is 1.71. The zero-order valence-corrected chi connectivity index (χ0v) is 21.4. The fourth-order valence-electron chi connectivity index (χ4n) is 5.23. The molecule has 5 rings (SSSR count). The Hall–Kier alpha value is -3.59. The number of carbonyl (C=O) groups excluding carboxylic acids is 1. The Morgan fingerprint density at radius 3 is 2.38 bits per heavy atom. The molecule has 2 fully saturated rings. The van der Waals surface area contributed by atoms with E-state index in [2.05, 4.69) is 20.6 Å². The first-order valence-corrected chi connectivity index (χ1v) is 13.0. The van der Waals surface area contributed by atoms with Gasteiger partial charge in [0.15, 0.2) is 11.5 Å². The van der Waals surface area contributed by atoms with Gasteiger partial charge in [-0.1, -0.05) is 0 Å². The lowest BCUT2D eigenvalue weighted by Crippen LogP contribution is -2.33. The van der Waals surface area contributed by atoms with Gasteiger partial charge in [-0.25, -0.2) is 14.8 Å². The van der Waals surface area contributed by atoms with E-state index in [1.54, 1.807) is 14.2 Å². The van der Waals surface area contributed by atoms with E-state index in [-0.39, 0.29) is 12.0 Å². The number of rotatable bonds is 8. The Morgan fingerprint density at radius 1 is 0.973 bits per heavy atom. The van der Waals surface area contributed by atoms with Crippen LogP contribution in [0.3, 0.4) is 0 Å². The maximum absolute atomic E-state index is 13.1. The molecule has 0 radical (unpaired) electrons. The predicted octanol–water partition coefficient (Wildman–Crippen LogP) is 5.26. The standard InChI is InChI=1S/C28H34N4O5/c1-34-24-15-22-23(16-25(24)35-2)30-17-31-26(22)27(18-11-13-29-14-12-18)37-28(33)32-19-7-9-21(10-8-19)36-20-5-3-4-6-20/h7-10,15-18,20,27,29H,3-6,11-14H2,1-2H3,(H,32,33). The van der Waals surface area contributed by atoms with Crippen LogP contribution < -0.4 is 24.8 Å². The van der Waals surface area contributed by atoms with Crippen LogP contribution >= 0.6 is 0 Å². The highest BCUT2D eigenvalue weighted by atomic mass is 16.6. The zero-order chi connectivity index (χ0) is 25.6.